The molecule has 4 nitrogen and oxygen atoms in total. The van der Waals surface area contributed by atoms with Crippen LogP contribution in [0.1, 0.15) is 33.6 Å². The average molecular weight is 400 g/mol. The quantitative estimate of drug-likeness (QED) is 0.733. The Kier molecular flexibility index (Phi) is 6.14. The van der Waals surface area contributed by atoms with Crippen molar-refractivity contribution in [3.8, 4) is 0 Å². The van der Waals surface area contributed by atoms with Crippen LogP contribution in [0.4, 0.5) is 4.79 Å². The number of ketones is 1. The lowest BCUT2D eigenvalue weighted by molar-refractivity contribution is -0.119. The monoisotopic (exact) mass is 399 g/mol. The normalized spacial score (nSPS) is 19.4. The maximum atomic E-state index is 12.5. The Balaban J connectivity index is 1.99. The molecule has 1 fully saturated rings. The van der Waals surface area contributed by atoms with E-state index < -0.39 is 11.7 Å². The van der Waals surface area contributed by atoms with Crippen molar-refractivity contribution in [1.82, 2.24) is 4.90 Å². The smallest absolute Gasteiger partial charge is 0.410 e. The van der Waals surface area contributed by atoms with Crippen LogP contribution in [-0.2, 0) is 9.53 Å². The number of Topliss-reactive ketones (excluding diaryl/α,β-unsaturated/α-hetero) is 1. The van der Waals surface area contributed by atoms with Gasteiger partial charge in [-0.05, 0) is 51.8 Å². The Morgan fingerprint density at radius 1 is 1.39 bits per heavy atom. The molecule has 1 heterocycles. The first-order chi connectivity index (χ1) is 10.7. The maximum absolute atomic E-state index is 12.5. The molecule has 0 aliphatic carbocycles. The van der Waals surface area contributed by atoms with E-state index in [1.54, 1.807) is 11.8 Å². The number of carbonyl (C=O) groups is 2. The zero-order valence-electron chi connectivity index (χ0n) is 13.7. The minimum absolute atomic E-state index is 0.0818. The summed E-state index contributed by atoms with van der Waals surface area (Å²) in [5.41, 5.74) is -0.545. The topological polar surface area (TPSA) is 46.6 Å². The van der Waals surface area contributed by atoms with Crippen LogP contribution in [0.3, 0.4) is 0 Å². The van der Waals surface area contributed by atoms with Crippen molar-refractivity contribution in [2.45, 2.75) is 49.4 Å². The second kappa shape index (κ2) is 7.71. The summed E-state index contributed by atoms with van der Waals surface area (Å²) in [6.45, 7) is 6.18. The van der Waals surface area contributed by atoms with E-state index >= 15 is 0 Å². The Hall–Kier alpha value is -1.01. The Morgan fingerprint density at radius 3 is 2.78 bits per heavy atom. The minimum atomic E-state index is -0.545. The van der Waals surface area contributed by atoms with Gasteiger partial charge >= 0.3 is 6.09 Å². The van der Waals surface area contributed by atoms with Crippen LogP contribution in [-0.4, -0.2) is 40.7 Å². The van der Waals surface area contributed by atoms with E-state index in [0.717, 1.165) is 22.2 Å². The number of halogens is 1. The Bertz CT molecular complexity index is 585. The van der Waals surface area contributed by atoms with Crippen molar-refractivity contribution < 1.29 is 14.3 Å². The number of benzene rings is 1. The van der Waals surface area contributed by atoms with Crippen molar-refractivity contribution >= 4 is 39.6 Å². The molecule has 126 valence electrons. The zero-order chi connectivity index (χ0) is 17.0. The summed E-state index contributed by atoms with van der Waals surface area (Å²) in [5, 5.41) is -0.114. The zero-order valence-corrected chi connectivity index (χ0v) is 16.1. The first-order valence-electron chi connectivity index (χ1n) is 7.67. The largest absolute Gasteiger partial charge is 0.444 e. The van der Waals surface area contributed by atoms with E-state index in [9.17, 15) is 9.59 Å². The van der Waals surface area contributed by atoms with E-state index in [1.165, 1.54) is 4.90 Å². The number of ether oxygens (including phenoxy) is 1. The minimum Gasteiger partial charge on any atom is -0.444 e. The highest BCUT2D eigenvalue weighted by molar-refractivity contribution is 9.10. The van der Waals surface area contributed by atoms with Gasteiger partial charge in [0.05, 0.1) is 11.8 Å². The summed E-state index contributed by atoms with van der Waals surface area (Å²) in [5.74, 6) is 0.0818. The fourth-order valence-electron chi connectivity index (χ4n) is 2.31. The van der Waals surface area contributed by atoms with E-state index in [-0.39, 0.29) is 17.6 Å². The molecule has 1 saturated heterocycles. The van der Waals surface area contributed by atoms with E-state index in [1.807, 2.05) is 45.0 Å². The highest BCUT2D eigenvalue weighted by Crippen LogP contribution is 2.30. The molecule has 1 aliphatic heterocycles. The molecule has 23 heavy (non-hydrogen) atoms. The van der Waals surface area contributed by atoms with E-state index in [0.29, 0.717) is 6.54 Å². The summed E-state index contributed by atoms with van der Waals surface area (Å²) in [6, 6.07) is 7.93. The predicted octanol–water partition coefficient (Wildman–Crippen LogP) is 4.51. The molecular weight excluding hydrogens is 378 g/mol. The number of hydrogen-bond acceptors (Lipinski definition) is 4. The van der Waals surface area contributed by atoms with Crippen molar-refractivity contribution in [3.05, 3.63) is 28.7 Å². The van der Waals surface area contributed by atoms with Crippen molar-refractivity contribution in [2.24, 2.45) is 0 Å². The molecule has 0 N–H and O–H groups in total. The molecule has 0 aromatic heterocycles. The van der Waals surface area contributed by atoms with Gasteiger partial charge in [0.2, 0.25) is 0 Å². The van der Waals surface area contributed by atoms with Crippen LogP contribution >= 0.6 is 27.7 Å². The van der Waals surface area contributed by atoms with Gasteiger partial charge in [-0.3, -0.25) is 4.79 Å². The lowest BCUT2D eigenvalue weighted by atomic mass is 10.2. The number of rotatable bonds is 2. The van der Waals surface area contributed by atoms with Gasteiger partial charge in [-0.1, -0.05) is 22.0 Å². The molecule has 0 bridgehead atoms. The van der Waals surface area contributed by atoms with Crippen LogP contribution in [0.15, 0.2) is 33.6 Å². The summed E-state index contributed by atoms with van der Waals surface area (Å²) < 4.78 is 6.37. The molecule has 1 aromatic rings. The molecule has 0 spiro atoms. The summed E-state index contributed by atoms with van der Waals surface area (Å²) in [6.07, 6.45) is 1.17. The van der Waals surface area contributed by atoms with Crippen LogP contribution in [0, 0.1) is 0 Å². The van der Waals surface area contributed by atoms with Gasteiger partial charge in [0.25, 0.3) is 0 Å². The number of carbonyl (C=O) groups excluding carboxylic acids is 2. The highest BCUT2D eigenvalue weighted by atomic mass is 79.9. The van der Waals surface area contributed by atoms with Gasteiger partial charge in [-0.2, -0.15) is 0 Å². The number of nitrogens with zero attached hydrogens (tertiary/aromatic N) is 1. The molecule has 1 aromatic carbocycles. The molecule has 6 heteroatoms. The molecular formula is C17H22BrNO3S. The molecule has 1 amide bonds. The number of hydrogen-bond donors (Lipinski definition) is 0. The van der Waals surface area contributed by atoms with Crippen LogP contribution in [0.2, 0.25) is 0 Å². The third-order valence-electron chi connectivity index (χ3n) is 3.33. The third-order valence-corrected chi connectivity index (χ3v) is 5.13. The Labute approximate surface area is 150 Å². The van der Waals surface area contributed by atoms with Crippen molar-refractivity contribution in [2.75, 3.05) is 13.1 Å². The van der Waals surface area contributed by atoms with Crippen LogP contribution < -0.4 is 0 Å². The van der Waals surface area contributed by atoms with Crippen molar-refractivity contribution in [1.29, 1.82) is 0 Å². The lowest BCUT2D eigenvalue weighted by Crippen LogP contribution is -2.40. The lowest BCUT2D eigenvalue weighted by Gasteiger charge is -2.26. The molecule has 0 saturated carbocycles. The molecule has 1 atom stereocenters. The van der Waals surface area contributed by atoms with E-state index in [4.69, 9.17) is 4.74 Å². The second-order valence-corrected chi connectivity index (χ2v) is 8.77. The van der Waals surface area contributed by atoms with Gasteiger partial charge in [0.1, 0.15) is 5.60 Å². The molecule has 1 unspecified atom stereocenters. The summed E-state index contributed by atoms with van der Waals surface area (Å²) in [7, 11) is 0. The summed E-state index contributed by atoms with van der Waals surface area (Å²) >= 11 is 5.02. The predicted molar refractivity (Wildman–Crippen MR) is 95.8 cm³/mol. The maximum Gasteiger partial charge on any atom is 0.410 e. The fourth-order valence-corrected chi connectivity index (χ4v) is 4.03. The number of thioether (sulfide) groups is 1. The second-order valence-electron chi connectivity index (χ2n) is 6.57. The molecule has 1 aliphatic rings. The highest BCUT2D eigenvalue weighted by Gasteiger charge is 2.30. The number of likely N-dealkylation sites (tertiary alicyclic amines) is 1. The van der Waals surface area contributed by atoms with E-state index in [2.05, 4.69) is 15.9 Å². The van der Waals surface area contributed by atoms with Gasteiger partial charge in [-0.15, -0.1) is 11.8 Å². The van der Waals surface area contributed by atoms with Crippen molar-refractivity contribution in [3.63, 3.8) is 0 Å². The third kappa shape index (κ3) is 5.84. The van der Waals surface area contributed by atoms with Gasteiger partial charge in [0.15, 0.2) is 5.78 Å². The van der Waals surface area contributed by atoms with Gasteiger partial charge < -0.3 is 9.64 Å². The molecule has 2 rings (SSSR count). The fraction of sp³-hybridized carbons (Fsp3) is 0.529. The van der Waals surface area contributed by atoms with Gasteiger partial charge in [0, 0.05) is 15.9 Å². The van der Waals surface area contributed by atoms with Crippen LogP contribution in [0.25, 0.3) is 0 Å². The van der Waals surface area contributed by atoms with Crippen LogP contribution in [0.5, 0.6) is 0 Å². The summed E-state index contributed by atoms with van der Waals surface area (Å²) in [4.78, 5) is 27.2. The average Bonchev–Trinajstić information content (AvgIpc) is 2.60. The Morgan fingerprint density at radius 2 is 2.13 bits per heavy atom. The standard InChI is InChI=1S/C17H22BrNO3S/c1-17(2,3)22-16(21)19-9-5-8-15(14(20)11-19)23-13-7-4-6-12(18)10-13/h4,6-7,10,15H,5,8-9,11H2,1-3H3. The first-order valence-corrected chi connectivity index (χ1v) is 9.35. The van der Waals surface area contributed by atoms with Gasteiger partial charge in [-0.25, -0.2) is 4.79 Å². The SMILES string of the molecule is CC(C)(C)OC(=O)N1CCCC(Sc2cccc(Br)c2)C(=O)C1. The number of amides is 1. The molecule has 0 radical (unpaired) electrons. The first kappa shape index (κ1) is 18.3.